The van der Waals surface area contributed by atoms with Crippen LogP contribution in [0.4, 0.5) is 10.1 Å². The van der Waals surface area contributed by atoms with Crippen molar-refractivity contribution in [3.63, 3.8) is 0 Å². The number of methoxy groups -OCH3 is 1. The number of carbonyl (C=O) groups is 2. The van der Waals surface area contributed by atoms with Gasteiger partial charge in [-0.3, -0.25) is 9.59 Å². The molecule has 0 aromatic heterocycles. The Morgan fingerprint density at radius 2 is 1.93 bits per heavy atom. The van der Waals surface area contributed by atoms with Crippen molar-refractivity contribution in [2.24, 2.45) is 0 Å². The van der Waals surface area contributed by atoms with Gasteiger partial charge in [0.25, 0.3) is 11.8 Å². The van der Waals surface area contributed by atoms with E-state index in [1.807, 2.05) is 30.3 Å². The smallest absolute Gasteiger partial charge is 0.257 e. The van der Waals surface area contributed by atoms with E-state index >= 15 is 0 Å². The average Bonchev–Trinajstić information content (AvgIpc) is 2.76. The first-order valence-electron chi connectivity index (χ1n) is 9.64. The molecular formula is C22H23FN2O4. The maximum Gasteiger partial charge on any atom is 0.257 e. The summed E-state index contributed by atoms with van der Waals surface area (Å²) < 4.78 is 25.5. The van der Waals surface area contributed by atoms with Crippen molar-refractivity contribution < 1.29 is 23.5 Å². The third-order valence-electron chi connectivity index (χ3n) is 5.56. The van der Waals surface area contributed by atoms with Crippen molar-refractivity contribution in [1.82, 2.24) is 4.90 Å². The van der Waals surface area contributed by atoms with E-state index in [-0.39, 0.29) is 23.8 Å². The Balaban J connectivity index is 1.56. The predicted molar refractivity (Wildman–Crippen MR) is 106 cm³/mol. The molecule has 0 radical (unpaired) electrons. The third-order valence-corrected chi connectivity index (χ3v) is 5.56. The van der Waals surface area contributed by atoms with Gasteiger partial charge in [-0.1, -0.05) is 24.3 Å². The summed E-state index contributed by atoms with van der Waals surface area (Å²) in [6, 6.07) is 14.0. The van der Waals surface area contributed by atoms with Crippen LogP contribution in [-0.4, -0.2) is 55.7 Å². The van der Waals surface area contributed by atoms with Crippen LogP contribution in [0.3, 0.4) is 0 Å². The Bertz CT molecular complexity index is 920. The minimum absolute atomic E-state index is 0.0202. The number of carbonyl (C=O) groups excluding carboxylic acids is 2. The monoisotopic (exact) mass is 398 g/mol. The number of halogens is 1. The van der Waals surface area contributed by atoms with Crippen LogP contribution in [0.5, 0.6) is 5.75 Å². The van der Waals surface area contributed by atoms with Gasteiger partial charge in [-0.25, -0.2) is 4.39 Å². The van der Waals surface area contributed by atoms with Crippen LogP contribution in [0.15, 0.2) is 48.5 Å². The van der Waals surface area contributed by atoms with E-state index in [4.69, 9.17) is 9.47 Å². The highest BCUT2D eigenvalue weighted by atomic mass is 19.1. The summed E-state index contributed by atoms with van der Waals surface area (Å²) in [5.74, 6) is -1.13. The number of likely N-dealkylation sites (tertiary alicyclic amines) is 1. The lowest BCUT2D eigenvalue weighted by atomic mass is 9.90. The number of anilines is 1. The molecule has 0 N–H and O–H groups in total. The van der Waals surface area contributed by atoms with E-state index < -0.39 is 17.3 Å². The molecule has 4 rings (SSSR count). The maximum atomic E-state index is 14.6. The largest absolute Gasteiger partial charge is 0.494 e. The van der Waals surface area contributed by atoms with Crippen LogP contribution in [0.25, 0.3) is 0 Å². The van der Waals surface area contributed by atoms with E-state index in [0.29, 0.717) is 26.1 Å². The molecule has 2 aromatic carbocycles. The molecule has 152 valence electrons. The van der Waals surface area contributed by atoms with E-state index in [2.05, 4.69) is 0 Å². The van der Waals surface area contributed by atoms with Gasteiger partial charge in [0, 0.05) is 12.2 Å². The molecule has 1 spiro atoms. The highest BCUT2D eigenvalue weighted by Crippen LogP contribution is 2.33. The third kappa shape index (κ3) is 3.70. The van der Waals surface area contributed by atoms with Crippen LogP contribution in [0.2, 0.25) is 0 Å². The van der Waals surface area contributed by atoms with Gasteiger partial charge in [0.05, 0.1) is 25.8 Å². The molecule has 0 saturated carbocycles. The van der Waals surface area contributed by atoms with E-state index in [1.165, 1.54) is 19.2 Å². The van der Waals surface area contributed by atoms with E-state index in [9.17, 15) is 14.0 Å². The Kier molecular flexibility index (Phi) is 5.24. The highest BCUT2D eigenvalue weighted by molar-refractivity contribution is 5.96. The fraction of sp³-hybridized carbons (Fsp3) is 0.364. The number of hydrogen-bond donors (Lipinski definition) is 0. The van der Waals surface area contributed by atoms with Crippen molar-refractivity contribution in [2.45, 2.75) is 18.4 Å². The second-order valence-corrected chi connectivity index (χ2v) is 7.44. The fourth-order valence-corrected chi connectivity index (χ4v) is 4.08. The lowest BCUT2D eigenvalue weighted by Gasteiger charge is -2.47. The van der Waals surface area contributed by atoms with Gasteiger partial charge in [-0.15, -0.1) is 0 Å². The summed E-state index contributed by atoms with van der Waals surface area (Å²) in [6.45, 7) is 1.14. The van der Waals surface area contributed by atoms with Gasteiger partial charge < -0.3 is 19.3 Å². The highest BCUT2D eigenvalue weighted by Gasteiger charge is 2.44. The molecule has 1 atom stereocenters. The second-order valence-electron chi connectivity index (χ2n) is 7.44. The second kappa shape index (κ2) is 7.83. The summed E-state index contributed by atoms with van der Waals surface area (Å²) in [4.78, 5) is 28.8. The van der Waals surface area contributed by atoms with E-state index in [1.54, 1.807) is 15.9 Å². The topological polar surface area (TPSA) is 59.1 Å². The number of rotatable bonds is 3. The summed E-state index contributed by atoms with van der Waals surface area (Å²) >= 11 is 0. The van der Waals surface area contributed by atoms with Gasteiger partial charge in [0.2, 0.25) is 0 Å². The minimum atomic E-state index is -0.662. The summed E-state index contributed by atoms with van der Waals surface area (Å²) in [7, 11) is 1.37. The first-order chi connectivity index (χ1) is 14.0. The first kappa shape index (κ1) is 19.4. The van der Waals surface area contributed by atoms with Crippen molar-refractivity contribution >= 4 is 17.5 Å². The van der Waals surface area contributed by atoms with Crippen LogP contribution >= 0.6 is 0 Å². The number of hydrogen-bond acceptors (Lipinski definition) is 4. The van der Waals surface area contributed by atoms with Crippen LogP contribution in [0, 0.1) is 5.82 Å². The molecule has 6 nitrogen and oxygen atoms in total. The van der Waals surface area contributed by atoms with Gasteiger partial charge in [-0.2, -0.15) is 0 Å². The Labute approximate surface area is 168 Å². The average molecular weight is 398 g/mol. The molecule has 0 aliphatic carbocycles. The van der Waals surface area contributed by atoms with Crippen LogP contribution < -0.4 is 9.64 Å². The molecule has 2 aliphatic rings. The molecule has 2 aliphatic heterocycles. The fourth-order valence-electron chi connectivity index (χ4n) is 4.08. The summed E-state index contributed by atoms with van der Waals surface area (Å²) in [5, 5.41) is 0. The number of ether oxygens (including phenoxy) is 2. The van der Waals surface area contributed by atoms with Gasteiger partial charge in [0.15, 0.2) is 11.6 Å². The Hall–Kier alpha value is -2.93. The number of amides is 2. The molecule has 2 heterocycles. The number of benzene rings is 2. The summed E-state index contributed by atoms with van der Waals surface area (Å²) in [6.07, 6.45) is 1.45. The lowest BCUT2D eigenvalue weighted by molar-refractivity contribution is -0.144. The van der Waals surface area contributed by atoms with Crippen molar-refractivity contribution in [3.8, 4) is 5.75 Å². The lowest BCUT2D eigenvalue weighted by Crippen LogP contribution is -2.62. The van der Waals surface area contributed by atoms with Gasteiger partial charge in [-0.05, 0) is 37.1 Å². The quantitative estimate of drug-likeness (QED) is 0.798. The van der Waals surface area contributed by atoms with Gasteiger partial charge >= 0.3 is 0 Å². The van der Waals surface area contributed by atoms with Crippen LogP contribution in [-0.2, 0) is 9.53 Å². The molecule has 2 fully saturated rings. The molecule has 29 heavy (non-hydrogen) atoms. The molecule has 2 aromatic rings. The zero-order chi connectivity index (χ0) is 20.4. The van der Waals surface area contributed by atoms with Crippen molar-refractivity contribution in [2.75, 3.05) is 38.3 Å². The van der Waals surface area contributed by atoms with Crippen LogP contribution in [0.1, 0.15) is 23.2 Å². The molecule has 7 heteroatoms. The van der Waals surface area contributed by atoms with E-state index in [0.717, 1.165) is 12.1 Å². The molecule has 1 unspecified atom stereocenters. The minimum Gasteiger partial charge on any atom is -0.494 e. The van der Waals surface area contributed by atoms with Crippen molar-refractivity contribution in [3.05, 3.63) is 59.9 Å². The zero-order valence-electron chi connectivity index (χ0n) is 16.3. The predicted octanol–water partition coefficient (Wildman–Crippen LogP) is 2.87. The number of nitrogens with zero attached hydrogens (tertiary/aromatic N) is 2. The number of piperidine rings is 1. The molecule has 0 bridgehead atoms. The van der Waals surface area contributed by atoms with Crippen molar-refractivity contribution in [1.29, 1.82) is 0 Å². The number of para-hydroxylation sites is 1. The molecular weight excluding hydrogens is 375 g/mol. The zero-order valence-corrected chi connectivity index (χ0v) is 16.3. The van der Waals surface area contributed by atoms with Gasteiger partial charge in [0.1, 0.15) is 12.2 Å². The Morgan fingerprint density at radius 1 is 1.14 bits per heavy atom. The number of morpholine rings is 1. The summed E-state index contributed by atoms with van der Waals surface area (Å²) in [5.41, 5.74) is 0.128. The first-order valence-corrected chi connectivity index (χ1v) is 9.64. The SMILES string of the molecule is COc1cccc(C(=O)N2CCCC3(C2)CN(c2ccccc2)C(=O)CO3)c1F. The standard InChI is InChI=1S/C22H23FN2O4/c1-28-18-10-5-9-17(20(18)23)21(27)24-12-6-11-22(14-24)15-25(19(26)13-29-22)16-7-3-2-4-8-16/h2-5,7-10H,6,11-15H2,1H3. The molecule has 2 saturated heterocycles. The normalized spacial score (nSPS) is 22.1. The maximum absolute atomic E-state index is 14.6. The Morgan fingerprint density at radius 3 is 2.69 bits per heavy atom. The molecule has 2 amide bonds.